The molecule has 0 atom stereocenters. The normalized spacial score (nSPS) is 14.5. The van der Waals surface area contributed by atoms with E-state index in [4.69, 9.17) is 4.74 Å². The second-order valence-corrected chi connectivity index (χ2v) is 12.3. The van der Waals surface area contributed by atoms with Crippen LogP contribution in [0.1, 0.15) is 32.0 Å². The molecule has 10 nitrogen and oxygen atoms in total. The molecule has 52 heavy (non-hydrogen) atoms. The number of halogens is 6. The molecule has 2 aromatic heterocycles. The zero-order valence-corrected chi connectivity index (χ0v) is 27.7. The summed E-state index contributed by atoms with van der Waals surface area (Å²) < 4.78 is 89.4. The van der Waals surface area contributed by atoms with Gasteiger partial charge in [0.15, 0.2) is 0 Å². The van der Waals surface area contributed by atoms with E-state index in [0.717, 1.165) is 16.4 Å². The third-order valence-corrected chi connectivity index (χ3v) is 8.86. The molecule has 3 aromatic carbocycles. The van der Waals surface area contributed by atoms with Gasteiger partial charge in [-0.2, -0.15) is 22.0 Å². The molecule has 0 N–H and O–H groups in total. The van der Waals surface area contributed by atoms with Crippen molar-refractivity contribution in [2.45, 2.75) is 19.3 Å². The highest BCUT2D eigenvalue weighted by atomic mass is 19.4. The summed E-state index contributed by atoms with van der Waals surface area (Å²) in [5, 5.41) is 14.2. The number of alkyl halides is 5. The summed E-state index contributed by atoms with van der Waals surface area (Å²) in [5.74, 6) is -1.86. The molecule has 2 amide bonds. The van der Waals surface area contributed by atoms with Crippen LogP contribution in [0.2, 0.25) is 0 Å². The van der Waals surface area contributed by atoms with Gasteiger partial charge in [0, 0.05) is 37.2 Å². The van der Waals surface area contributed by atoms with Crippen molar-refractivity contribution in [3.05, 3.63) is 118 Å². The Morgan fingerprint density at radius 1 is 0.962 bits per heavy atom. The van der Waals surface area contributed by atoms with Crippen molar-refractivity contribution >= 4 is 28.4 Å². The first-order valence-electron chi connectivity index (χ1n) is 15.9. The van der Waals surface area contributed by atoms with Crippen LogP contribution in [-0.4, -0.2) is 70.7 Å². The summed E-state index contributed by atoms with van der Waals surface area (Å²) in [5.41, 5.74) is 0.264. The number of pyridine rings is 1. The third kappa shape index (κ3) is 7.82. The lowest BCUT2D eigenvalue weighted by atomic mass is 10.1. The number of hydrogen-bond acceptors (Lipinski definition) is 6. The molecule has 1 aliphatic heterocycles. The molecule has 0 unspecified atom stereocenters. The summed E-state index contributed by atoms with van der Waals surface area (Å²) >= 11 is 0. The Labute approximate surface area is 293 Å². The average molecular weight is 728 g/mol. The Balaban J connectivity index is 1.08. The highest BCUT2D eigenvalue weighted by Crippen LogP contribution is 2.32. The molecule has 16 heteroatoms. The molecule has 0 radical (unpaired) electrons. The van der Waals surface area contributed by atoms with E-state index >= 15 is 0 Å². The van der Waals surface area contributed by atoms with Crippen LogP contribution in [0.3, 0.4) is 0 Å². The van der Waals surface area contributed by atoms with Crippen molar-refractivity contribution < 1.29 is 50.1 Å². The lowest BCUT2D eigenvalue weighted by Crippen LogP contribution is -2.56. The molecule has 5 aromatic rings. The number of aromatic nitrogens is 2. The minimum absolute atomic E-state index is 0.00663. The van der Waals surface area contributed by atoms with Crippen LogP contribution in [0.5, 0.6) is 17.4 Å². The van der Waals surface area contributed by atoms with Gasteiger partial charge in [0.2, 0.25) is 5.88 Å². The number of carbonyl (C=O) groups excluding carboxylic acids is 2. The Kier molecular flexibility index (Phi) is 9.88. The summed E-state index contributed by atoms with van der Waals surface area (Å²) in [6.45, 7) is -2.04. The van der Waals surface area contributed by atoms with Gasteiger partial charge in [0.1, 0.15) is 29.6 Å². The van der Waals surface area contributed by atoms with E-state index in [-0.39, 0.29) is 62.0 Å². The molecule has 1 fully saturated rings. The van der Waals surface area contributed by atoms with E-state index in [2.05, 4.69) is 9.72 Å². The molecule has 1 saturated heterocycles. The Bertz CT molecular complexity index is 2100. The molecule has 272 valence electrons. The zero-order valence-electron chi connectivity index (χ0n) is 27.7. The lowest BCUT2D eigenvalue weighted by Gasteiger charge is -2.48. The minimum Gasteiger partial charge on any atom is -0.632 e. The maximum absolute atomic E-state index is 14.4. The summed E-state index contributed by atoms with van der Waals surface area (Å²) in [7, 11) is 3.07. The summed E-state index contributed by atoms with van der Waals surface area (Å²) in [6, 6.07) is 17.5. The SMILES string of the molecule is CN(C(=O)c1ccc(C(F)(F)F)cc1F)c1ccc(Oc2ccc3cc(C(=O)N4CC[N+]([O-])(Cc5ccc(OC(F)F)cc5)CC4)n(C)c3c2)nc1. The largest absolute Gasteiger partial charge is 0.632 e. The molecule has 0 spiro atoms. The Hall–Kier alpha value is -5.61. The number of piperazine rings is 1. The van der Waals surface area contributed by atoms with Crippen LogP contribution in [-0.2, 0) is 19.8 Å². The standard InChI is InChI=1S/C36H31F6N5O5/c1-44(33(48)28-11-6-24(18-29(28)37)36(40,41)42)25-7-12-32(43-20-25)51-27-10-5-23-17-31(45(2)30(23)19-27)34(49)46-13-15-47(50,16-14-46)21-22-3-8-26(9-4-22)52-35(38)39/h3-12,17-20,35H,13-16,21H2,1-2H3. The van der Waals surface area contributed by atoms with Crippen molar-refractivity contribution in [3.63, 3.8) is 0 Å². The van der Waals surface area contributed by atoms with Gasteiger partial charge >= 0.3 is 12.8 Å². The van der Waals surface area contributed by atoms with Crippen LogP contribution < -0.4 is 14.4 Å². The first-order chi connectivity index (χ1) is 24.6. The molecule has 0 saturated carbocycles. The molecule has 0 aliphatic carbocycles. The van der Waals surface area contributed by atoms with E-state index < -0.39 is 40.3 Å². The average Bonchev–Trinajstić information content (AvgIpc) is 3.43. The van der Waals surface area contributed by atoms with E-state index in [1.54, 1.807) is 52.9 Å². The van der Waals surface area contributed by atoms with Crippen LogP contribution in [0, 0.1) is 11.0 Å². The maximum atomic E-state index is 14.4. The first kappa shape index (κ1) is 36.2. The monoisotopic (exact) mass is 727 g/mol. The molecule has 1 aliphatic rings. The van der Waals surface area contributed by atoms with Crippen LogP contribution >= 0.6 is 0 Å². The maximum Gasteiger partial charge on any atom is 0.416 e. The van der Waals surface area contributed by atoms with Crippen molar-refractivity contribution in [1.29, 1.82) is 0 Å². The quantitative estimate of drug-likeness (QED) is 0.0894. The highest BCUT2D eigenvalue weighted by Gasteiger charge is 2.33. The Morgan fingerprint density at radius 2 is 1.65 bits per heavy atom. The van der Waals surface area contributed by atoms with Gasteiger partial charge in [-0.25, -0.2) is 9.37 Å². The number of anilines is 1. The van der Waals surface area contributed by atoms with Gasteiger partial charge in [0.25, 0.3) is 11.8 Å². The number of amides is 2. The number of rotatable bonds is 9. The lowest BCUT2D eigenvalue weighted by molar-refractivity contribution is -0.897. The highest BCUT2D eigenvalue weighted by molar-refractivity contribution is 6.06. The van der Waals surface area contributed by atoms with Crippen molar-refractivity contribution in [2.75, 3.05) is 38.1 Å². The van der Waals surface area contributed by atoms with Crippen LogP contribution in [0.15, 0.2) is 85.1 Å². The first-order valence-corrected chi connectivity index (χ1v) is 15.9. The fraction of sp³-hybridized carbons (Fsp3) is 0.250. The van der Waals surface area contributed by atoms with Gasteiger partial charge in [0.05, 0.1) is 54.7 Å². The van der Waals surface area contributed by atoms with Crippen molar-refractivity contribution in [2.24, 2.45) is 7.05 Å². The Morgan fingerprint density at radius 3 is 2.27 bits per heavy atom. The van der Waals surface area contributed by atoms with Gasteiger partial charge in [-0.1, -0.05) is 0 Å². The minimum atomic E-state index is -4.75. The number of nitrogens with zero attached hydrogens (tertiary/aromatic N) is 5. The van der Waals surface area contributed by atoms with Crippen LogP contribution in [0.4, 0.5) is 32.0 Å². The van der Waals surface area contributed by atoms with E-state index in [1.165, 1.54) is 37.5 Å². The summed E-state index contributed by atoms with van der Waals surface area (Å²) in [4.78, 5) is 33.2. The number of hydroxylamine groups is 3. The number of aryl methyl sites for hydroxylation is 1. The molecular formula is C36H31F6N5O5. The molecule has 0 bridgehead atoms. The number of quaternary nitrogens is 1. The predicted molar refractivity (Wildman–Crippen MR) is 177 cm³/mol. The summed E-state index contributed by atoms with van der Waals surface area (Å²) in [6.07, 6.45) is -3.46. The second-order valence-electron chi connectivity index (χ2n) is 12.3. The van der Waals surface area contributed by atoms with Gasteiger partial charge < -0.3 is 33.7 Å². The van der Waals surface area contributed by atoms with E-state index in [9.17, 15) is 41.1 Å². The fourth-order valence-corrected chi connectivity index (χ4v) is 5.96. The molecule has 3 heterocycles. The van der Waals surface area contributed by atoms with Crippen molar-refractivity contribution in [3.8, 4) is 17.4 Å². The van der Waals surface area contributed by atoms with Gasteiger partial charge in [-0.05, 0) is 66.7 Å². The molecule has 6 rings (SSSR count). The number of hydrogen-bond donors (Lipinski definition) is 0. The van der Waals surface area contributed by atoms with Crippen LogP contribution in [0.25, 0.3) is 10.9 Å². The van der Waals surface area contributed by atoms with E-state index in [0.29, 0.717) is 28.6 Å². The van der Waals surface area contributed by atoms with E-state index in [1.807, 2.05) is 0 Å². The van der Waals surface area contributed by atoms with Crippen molar-refractivity contribution in [1.82, 2.24) is 14.5 Å². The topological polar surface area (TPSA) is 100.0 Å². The smallest absolute Gasteiger partial charge is 0.416 e. The van der Waals surface area contributed by atoms with Gasteiger partial charge in [-0.3, -0.25) is 9.59 Å². The number of benzene rings is 3. The van der Waals surface area contributed by atoms with Gasteiger partial charge in [-0.15, -0.1) is 0 Å². The third-order valence-electron chi connectivity index (χ3n) is 8.86. The fourth-order valence-electron chi connectivity index (χ4n) is 5.96. The predicted octanol–water partition coefficient (Wildman–Crippen LogP) is 7.37. The zero-order chi connectivity index (χ0) is 37.4. The number of carbonyl (C=O) groups is 2. The molecular weight excluding hydrogens is 696 g/mol. The number of ether oxygens (including phenoxy) is 2. The number of fused-ring (bicyclic) bond motifs is 1. The second kappa shape index (κ2) is 14.2.